The van der Waals surface area contributed by atoms with Gasteiger partial charge in [-0.2, -0.15) is 0 Å². The Morgan fingerprint density at radius 2 is 2.15 bits per heavy atom. The molecule has 4 heteroatoms. The van der Waals surface area contributed by atoms with Crippen molar-refractivity contribution in [2.75, 3.05) is 31.6 Å². The lowest BCUT2D eigenvalue weighted by Gasteiger charge is -2.21. The van der Waals surface area contributed by atoms with Crippen LogP contribution in [-0.2, 0) is 0 Å². The molecule has 0 aromatic heterocycles. The Kier molecular flexibility index (Phi) is 5.65. The lowest BCUT2D eigenvalue weighted by atomic mass is 10.1. The number of rotatable bonds is 5. The van der Waals surface area contributed by atoms with E-state index in [2.05, 4.69) is 17.1 Å². The summed E-state index contributed by atoms with van der Waals surface area (Å²) in [4.78, 5) is 2.48. The van der Waals surface area contributed by atoms with Gasteiger partial charge in [-0.15, -0.1) is 0 Å². The van der Waals surface area contributed by atoms with Crippen LogP contribution in [0, 0.1) is 5.82 Å². The zero-order valence-electron chi connectivity index (χ0n) is 12.5. The molecule has 0 saturated carbocycles. The highest BCUT2D eigenvalue weighted by atomic mass is 19.1. The van der Waals surface area contributed by atoms with Crippen LogP contribution in [-0.4, -0.2) is 37.2 Å². The summed E-state index contributed by atoms with van der Waals surface area (Å²) in [6.45, 7) is 8.09. The number of likely N-dealkylation sites (tertiary alicyclic amines) is 1. The van der Waals surface area contributed by atoms with Gasteiger partial charge in [-0.25, -0.2) is 4.39 Å². The SMILES string of the molecule is CCOc1cc(F)ccc1NC1CCCN(CC)CC1. The Bertz CT molecular complexity index is 425. The number of hydrogen-bond acceptors (Lipinski definition) is 3. The molecule has 1 aliphatic rings. The lowest BCUT2D eigenvalue weighted by Crippen LogP contribution is -2.26. The standard InChI is InChI=1S/C16H25FN2O/c1-3-19-10-5-6-14(9-11-19)18-15-8-7-13(17)12-16(15)20-4-2/h7-8,12,14,18H,3-6,9-11H2,1-2H3. The topological polar surface area (TPSA) is 24.5 Å². The average molecular weight is 280 g/mol. The molecule has 1 N–H and O–H groups in total. The van der Waals surface area contributed by atoms with Crippen LogP contribution in [0.5, 0.6) is 5.75 Å². The van der Waals surface area contributed by atoms with Crippen LogP contribution in [0.2, 0.25) is 0 Å². The van der Waals surface area contributed by atoms with E-state index in [1.165, 1.54) is 25.1 Å². The van der Waals surface area contributed by atoms with Gasteiger partial charge < -0.3 is 15.0 Å². The molecule has 0 aliphatic carbocycles. The molecule has 1 aromatic carbocycles. The number of nitrogens with zero attached hydrogens (tertiary/aromatic N) is 1. The van der Waals surface area contributed by atoms with Crippen molar-refractivity contribution in [3.05, 3.63) is 24.0 Å². The molecule has 3 nitrogen and oxygen atoms in total. The summed E-state index contributed by atoms with van der Waals surface area (Å²) in [5, 5.41) is 3.53. The van der Waals surface area contributed by atoms with E-state index < -0.39 is 0 Å². The molecule has 1 unspecified atom stereocenters. The zero-order valence-corrected chi connectivity index (χ0v) is 12.5. The van der Waals surface area contributed by atoms with E-state index in [0.29, 0.717) is 18.4 Å². The normalized spacial score (nSPS) is 20.4. The first kappa shape index (κ1) is 15.1. The highest BCUT2D eigenvalue weighted by molar-refractivity contribution is 5.57. The Hall–Kier alpha value is -1.29. The minimum absolute atomic E-state index is 0.253. The van der Waals surface area contributed by atoms with E-state index in [1.807, 2.05) is 6.92 Å². The highest BCUT2D eigenvalue weighted by Crippen LogP contribution is 2.27. The van der Waals surface area contributed by atoms with E-state index in [1.54, 1.807) is 6.07 Å². The molecule has 1 atom stereocenters. The second-order valence-electron chi connectivity index (χ2n) is 5.28. The van der Waals surface area contributed by atoms with Crippen LogP contribution < -0.4 is 10.1 Å². The number of benzene rings is 1. The minimum atomic E-state index is -0.253. The molecule has 20 heavy (non-hydrogen) atoms. The number of ether oxygens (including phenoxy) is 1. The summed E-state index contributed by atoms with van der Waals surface area (Å²) in [7, 11) is 0. The van der Waals surface area contributed by atoms with Crippen LogP contribution in [0.15, 0.2) is 18.2 Å². The number of nitrogens with one attached hydrogen (secondary N) is 1. The van der Waals surface area contributed by atoms with Gasteiger partial charge in [0.05, 0.1) is 12.3 Å². The first-order valence-electron chi connectivity index (χ1n) is 7.64. The molecule has 1 aromatic rings. The van der Waals surface area contributed by atoms with Crippen molar-refractivity contribution >= 4 is 5.69 Å². The van der Waals surface area contributed by atoms with Gasteiger partial charge in [-0.1, -0.05) is 6.92 Å². The van der Waals surface area contributed by atoms with Crippen molar-refractivity contribution in [2.24, 2.45) is 0 Å². The summed E-state index contributed by atoms with van der Waals surface area (Å²) >= 11 is 0. The summed E-state index contributed by atoms with van der Waals surface area (Å²) in [5.41, 5.74) is 0.906. The van der Waals surface area contributed by atoms with Crippen LogP contribution in [0.25, 0.3) is 0 Å². The van der Waals surface area contributed by atoms with Gasteiger partial charge in [0.15, 0.2) is 0 Å². The molecule has 0 radical (unpaired) electrons. The maximum absolute atomic E-state index is 13.3. The highest BCUT2D eigenvalue weighted by Gasteiger charge is 2.17. The molecular formula is C16H25FN2O. The first-order valence-corrected chi connectivity index (χ1v) is 7.64. The molecule has 0 bridgehead atoms. The Balaban J connectivity index is 2.02. The third-order valence-electron chi connectivity index (χ3n) is 3.87. The maximum atomic E-state index is 13.3. The van der Waals surface area contributed by atoms with Crippen LogP contribution in [0.1, 0.15) is 33.1 Å². The maximum Gasteiger partial charge on any atom is 0.145 e. The fourth-order valence-corrected chi connectivity index (χ4v) is 2.73. The lowest BCUT2D eigenvalue weighted by molar-refractivity contribution is 0.300. The largest absolute Gasteiger partial charge is 0.492 e. The fourth-order valence-electron chi connectivity index (χ4n) is 2.73. The van der Waals surface area contributed by atoms with Crippen molar-refractivity contribution in [2.45, 2.75) is 39.2 Å². The van der Waals surface area contributed by atoms with Gasteiger partial charge in [0.25, 0.3) is 0 Å². The molecule has 112 valence electrons. The molecule has 2 rings (SSSR count). The zero-order chi connectivity index (χ0) is 14.4. The second kappa shape index (κ2) is 7.48. The molecule has 0 amide bonds. The first-order chi connectivity index (χ1) is 9.72. The van der Waals surface area contributed by atoms with Crippen LogP contribution in [0.4, 0.5) is 10.1 Å². The van der Waals surface area contributed by atoms with E-state index in [9.17, 15) is 4.39 Å². The van der Waals surface area contributed by atoms with Gasteiger partial charge in [-0.05, 0) is 51.4 Å². The Labute approximate surface area is 121 Å². The van der Waals surface area contributed by atoms with Crippen LogP contribution >= 0.6 is 0 Å². The predicted octanol–water partition coefficient (Wildman–Crippen LogP) is 3.51. The predicted molar refractivity (Wildman–Crippen MR) is 80.9 cm³/mol. The third kappa shape index (κ3) is 4.10. The van der Waals surface area contributed by atoms with Gasteiger partial charge in [0.1, 0.15) is 11.6 Å². The van der Waals surface area contributed by atoms with Crippen molar-refractivity contribution < 1.29 is 9.13 Å². The number of anilines is 1. The molecule has 1 heterocycles. The smallest absolute Gasteiger partial charge is 0.145 e. The quantitative estimate of drug-likeness (QED) is 0.893. The van der Waals surface area contributed by atoms with Gasteiger partial charge in [-0.3, -0.25) is 0 Å². The van der Waals surface area contributed by atoms with Gasteiger partial charge in [0, 0.05) is 18.7 Å². The molecular weight excluding hydrogens is 255 g/mol. The minimum Gasteiger partial charge on any atom is -0.492 e. The molecule has 1 saturated heterocycles. The summed E-state index contributed by atoms with van der Waals surface area (Å²) in [5.74, 6) is 0.362. The van der Waals surface area contributed by atoms with E-state index in [0.717, 1.165) is 31.6 Å². The Morgan fingerprint density at radius 1 is 1.30 bits per heavy atom. The van der Waals surface area contributed by atoms with E-state index in [4.69, 9.17) is 4.74 Å². The third-order valence-corrected chi connectivity index (χ3v) is 3.87. The van der Waals surface area contributed by atoms with Gasteiger partial charge in [0.2, 0.25) is 0 Å². The number of halogens is 1. The van der Waals surface area contributed by atoms with E-state index >= 15 is 0 Å². The van der Waals surface area contributed by atoms with E-state index in [-0.39, 0.29) is 5.82 Å². The fraction of sp³-hybridized carbons (Fsp3) is 0.625. The van der Waals surface area contributed by atoms with Crippen molar-refractivity contribution in [1.29, 1.82) is 0 Å². The second-order valence-corrected chi connectivity index (χ2v) is 5.28. The monoisotopic (exact) mass is 280 g/mol. The molecule has 1 fully saturated rings. The summed E-state index contributed by atoms with van der Waals surface area (Å²) in [6, 6.07) is 5.17. The Morgan fingerprint density at radius 3 is 2.90 bits per heavy atom. The summed E-state index contributed by atoms with van der Waals surface area (Å²) < 4.78 is 18.8. The molecule has 1 aliphatic heterocycles. The number of hydrogen-bond donors (Lipinski definition) is 1. The van der Waals surface area contributed by atoms with Gasteiger partial charge >= 0.3 is 0 Å². The molecule has 0 spiro atoms. The van der Waals surface area contributed by atoms with Crippen molar-refractivity contribution in [1.82, 2.24) is 4.90 Å². The van der Waals surface area contributed by atoms with Crippen molar-refractivity contribution in [3.63, 3.8) is 0 Å². The summed E-state index contributed by atoms with van der Waals surface area (Å²) in [6.07, 6.45) is 3.48. The average Bonchev–Trinajstić information content (AvgIpc) is 2.67. The van der Waals surface area contributed by atoms with Crippen molar-refractivity contribution in [3.8, 4) is 5.75 Å². The van der Waals surface area contributed by atoms with Crippen LogP contribution in [0.3, 0.4) is 0 Å².